The smallest absolute Gasteiger partial charge is 0.509 e. The third kappa shape index (κ3) is 3.82. The van der Waals surface area contributed by atoms with Gasteiger partial charge < -0.3 is 24.3 Å². The maximum Gasteiger partial charge on any atom is 4.00 e. The van der Waals surface area contributed by atoms with Gasteiger partial charge in [0.05, 0.1) is 11.9 Å². The van der Waals surface area contributed by atoms with Gasteiger partial charge in [-0.15, -0.1) is 48.8 Å². The van der Waals surface area contributed by atoms with Crippen molar-refractivity contribution >= 4 is 34.5 Å². The minimum Gasteiger partial charge on any atom is -0.509 e. The number of rotatable bonds is 4. The summed E-state index contributed by atoms with van der Waals surface area (Å²) in [5.41, 5.74) is 2.51. The summed E-state index contributed by atoms with van der Waals surface area (Å²) >= 11 is 0. The number of ether oxygens (including phenoxy) is 1. The molecule has 0 fully saturated rings. The molecule has 0 spiro atoms. The maximum absolute atomic E-state index is 6.12. The zero-order valence-corrected chi connectivity index (χ0v) is 20.5. The summed E-state index contributed by atoms with van der Waals surface area (Å²) in [5.74, 6) is 3.51. The Kier molecular flexibility index (Phi) is 5.79. The van der Waals surface area contributed by atoms with Crippen molar-refractivity contribution in [1.82, 2.24) is 19.9 Å². The predicted octanol–water partition coefficient (Wildman–Crippen LogP) is 4.07. The molecular weight excluding hydrogens is 611 g/mol. The van der Waals surface area contributed by atoms with E-state index in [9.17, 15) is 0 Å². The first-order valence-corrected chi connectivity index (χ1v) is 10.2. The molecule has 0 aliphatic carbocycles. The molecule has 0 atom stereocenters. The number of aromatic nitrogens is 4. The molecule has 6 rings (SSSR count). The number of nitrogens with zero attached hydrogens (tertiary/aromatic N) is 8. The molecule has 2 aromatic carbocycles. The molecule has 0 amide bonds. The van der Waals surface area contributed by atoms with Gasteiger partial charge in [-0.2, -0.15) is 18.8 Å². The molecule has 2 aliphatic heterocycles. The van der Waals surface area contributed by atoms with Crippen molar-refractivity contribution in [3.05, 3.63) is 86.8 Å². The fourth-order valence-corrected chi connectivity index (χ4v) is 3.83. The molecule has 0 unspecified atom stereocenters. The van der Waals surface area contributed by atoms with Crippen LogP contribution in [0.5, 0.6) is 11.5 Å². The van der Waals surface area contributed by atoms with Crippen LogP contribution < -0.4 is 24.3 Å². The number of anilines is 6. The van der Waals surface area contributed by atoms with Crippen molar-refractivity contribution in [2.75, 3.05) is 33.7 Å². The fraction of sp³-hybridized carbons (Fsp3) is 0.0833. The Morgan fingerprint density at radius 1 is 0.765 bits per heavy atom. The Morgan fingerprint density at radius 2 is 1.38 bits per heavy atom. The van der Waals surface area contributed by atoms with Crippen LogP contribution in [0.15, 0.2) is 61.3 Å². The molecule has 0 N–H and O–H groups in total. The topological polar surface area (TPSA) is 73.8 Å². The van der Waals surface area contributed by atoms with Crippen molar-refractivity contribution in [3.8, 4) is 11.5 Å². The normalized spacial score (nSPS) is 14.1. The summed E-state index contributed by atoms with van der Waals surface area (Å²) < 4.78 is 6.12. The van der Waals surface area contributed by atoms with Crippen LogP contribution in [0.1, 0.15) is 0 Å². The van der Waals surface area contributed by atoms with Crippen LogP contribution in [0.25, 0.3) is 0 Å². The van der Waals surface area contributed by atoms with Crippen molar-refractivity contribution < 1.29 is 25.8 Å². The Hall–Kier alpha value is -3.71. The van der Waals surface area contributed by atoms with E-state index in [2.05, 4.69) is 32.1 Å². The van der Waals surface area contributed by atoms with E-state index in [0.717, 1.165) is 34.5 Å². The van der Waals surface area contributed by atoms with Crippen LogP contribution in [0, 0.1) is 25.5 Å². The molecule has 0 bridgehead atoms. The molecule has 4 aromatic rings. The summed E-state index contributed by atoms with van der Waals surface area (Å²) in [7, 11) is 3.88. The third-order valence-electron chi connectivity index (χ3n) is 5.31. The Bertz CT molecular complexity index is 1230. The zero-order chi connectivity index (χ0) is 22.4. The number of hydrogen-bond donors (Lipinski definition) is 0. The monoisotopic (exact) mass is 629 g/mol. The van der Waals surface area contributed by atoms with Gasteiger partial charge in [-0.1, -0.05) is 5.69 Å². The Morgan fingerprint density at radius 3 is 2.12 bits per heavy atom. The van der Waals surface area contributed by atoms with Crippen molar-refractivity contribution in [3.63, 3.8) is 0 Å². The zero-order valence-electron chi connectivity index (χ0n) is 18.2. The number of fused-ring (bicyclic) bond motifs is 2. The average Bonchev–Trinajstić information content (AvgIpc) is 3.37. The van der Waals surface area contributed by atoms with Gasteiger partial charge in [-0.05, 0) is 14.1 Å². The van der Waals surface area contributed by atoms with Crippen molar-refractivity contribution in [2.24, 2.45) is 0 Å². The van der Waals surface area contributed by atoms with E-state index < -0.39 is 0 Å². The average molecular weight is 630 g/mol. The SMILES string of the molecule is CN1[CH-]N(c2[c-]c(Oc3[c-]c(N4[CH-]N(C)c5nccnc54)ccc3)ccc2)c2cncnc21.[Pt+4]. The molecule has 170 valence electrons. The van der Waals surface area contributed by atoms with Gasteiger partial charge in [0.15, 0.2) is 0 Å². The summed E-state index contributed by atoms with van der Waals surface area (Å²) in [6, 6.07) is 18.1. The van der Waals surface area contributed by atoms with Gasteiger partial charge in [0.1, 0.15) is 23.8 Å². The minimum atomic E-state index is 0. The summed E-state index contributed by atoms with van der Waals surface area (Å²) in [4.78, 5) is 25.1. The second-order valence-electron chi connectivity index (χ2n) is 7.53. The summed E-state index contributed by atoms with van der Waals surface area (Å²) in [6.45, 7) is 3.87. The second-order valence-corrected chi connectivity index (χ2v) is 7.53. The van der Waals surface area contributed by atoms with Crippen LogP contribution in [-0.2, 0) is 21.1 Å². The first-order chi connectivity index (χ1) is 16.2. The van der Waals surface area contributed by atoms with E-state index in [-0.39, 0.29) is 21.1 Å². The predicted molar refractivity (Wildman–Crippen MR) is 124 cm³/mol. The molecule has 0 saturated heterocycles. The van der Waals surface area contributed by atoms with Gasteiger partial charge >= 0.3 is 21.1 Å². The van der Waals surface area contributed by atoms with Crippen molar-refractivity contribution in [1.29, 1.82) is 0 Å². The first kappa shape index (κ1) is 22.1. The molecule has 2 aliphatic rings. The van der Waals surface area contributed by atoms with Gasteiger partial charge in [0, 0.05) is 23.9 Å². The van der Waals surface area contributed by atoms with E-state index in [1.165, 1.54) is 6.33 Å². The molecule has 2 aromatic heterocycles. The molecule has 4 heterocycles. The van der Waals surface area contributed by atoms with Gasteiger partial charge in [0.2, 0.25) is 0 Å². The summed E-state index contributed by atoms with van der Waals surface area (Å²) in [5, 5.41) is 0. The van der Waals surface area contributed by atoms with Crippen LogP contribution in [-0.4, -0.2) is 34.0 Å². The fourth-order valence-electron chi connectivity index (χ4n) is 3.83. The number of hydrogen-bond acceptors (Lipinski definition) is 9. The summed E-state index contributed by atoms with van der Waals surface area (Å²) in [6.07, 6.45) is 6.68. The van der Waals surface area contributed by atoms with Crippen LogP contribution in [0.2, 0.25) is 0 Å². The first-order valence-electron chi connectivity index (χ1n) is 10.2. The van der Waals surface area contributed by atoms with Crippen LogP contribution >= 0.6 is 0 Å². The van der Waals surface area contributed by atoms with Gasteiger partial charge in [0.25, 0.3) is 0 Å². The van der Waals surface area contributed by atoms with Gasteiger partial charge in [-0.25, -0.2) is 19.9 Å². The molecule has 9 nitrogen and oxygen atoms in total. The third-order valence-corrected chi connectivity index (χ3v) is 5.31. The van der Waals surface area contributed by atoms with Crippen LogP contribution in [0.3, 0.4) is 0 Å². The Labute approximate surface area is 211 Å². The molecule has 34 heavy (non-hydrogen) atoms. The number of benzene rings is 2. The minimum absolute atomic E-state index is 0. The Balaban J connectivity index is 0.00000241. The second kappa shape index (κ2) is 8.91. The van der Waals surface area contributed by atoms with E-state index in [0.29, 0.717) is 11.5 Å². The molecule has 0 radical (unpaired) electrons. The van der Waals surface area contributed by atoms with Gasteiger partial charge in [-0.3, -0.25) is 0 Å². The quantitative estimate of drug-likeness (QED) is 0.311. The maximum atomic E-state index is 6.12. The molecule has 10 heteroatoms. The van der Waals surface area contributed by atoms with E-state index in [1.807, 2.05) is 83.4 Å². The van der Waals surface area contributed by atoms with Crippen molar-refractivity contribution in [2.45, 2.75) is 0 Å². The molecular formula is C24H18N8OPt. The van der Waals surface area contributed by atoms with Crippen LogP contribution in [0.4, 0.5) is 34.5 Å². The van der Waals surface area contributed by atoms with E-state index in [1.54, 1.807) is 18.6 Å². The standard InChI is InChI=1S/C24H18N8O.Pt/c1-29-15-31(21-13-25-14-28-22(21)29)17-5-3-7-19(11-17)33-20-8-4-6-18(12-20)32-16-30(2)23-24(32)27-10-9-26-23;/h3-10,13-16H,1-2H3;/q-4;+4. The largest absolute Gasteiger partial charge is 4.00 e. The molecule has 0 saturated carbocycles. The van der Waals surface area contributed by atoms with E-state index >= 15 is 0 Å². The van der Waals surface area contributed by atoms with E-state index in [4.69, 9.17) is 4.74 Å².